The van der Waals surface area contributed by atoms with Crippen molar-refractivity contribution in [1.29, 1.82) is 0 Å². The van der Waals surface area contributed by atoms with Crippen molar-refractivity contribution < 1.29 is 14.3 Å². The van der Waals surface area contributed by atoms with Crippen molar-refractivity contribution in [2.45, 2.75) is 20.0 Å². The third-order valence-corrected chi connectivity index (χ3v) is 0.983. The molecule has 3 radical (unpaired) electrons. The molecule has 0 aromatic carbocycles. The fourth-order valence-corrected chi connectivity index (χ4v) is 0.481. The van der Waals surface area contributed by atoms with E-state index in [-0.39, 0.29) is 11.9 Å². The predicted molar refractivity (Wildman–Crippen MR) is 40.2 cm³/mol. The molecule has 0 aliphatic rings. The largest absolute Gasteiger partial charge is 0.465 e. The molecule has 0 saturated heterocycles. The predicted octanol–water partition coefficient (Wildman–Crippen LogP) is 0.750. The van der Waals surface area contributed by atoms with Crippen molar-refractivity contribution >= 4 is 12.3 Å². The van der Waals surface area contributed by atoms with Crippen molar-refractivity contribution in [2.24, 2.45) is 0 Å². The molecule has 0 N–H and O–H groups in total. The molecule has 0 amide bonds. The van der Waals surface area contributed by atoms with Crippen LogP contribution in [0.15, 0.2) is 0 Å². The van der Waals surface area contributed by atoms with Gasteiger partial charge >= 0.3 is 0 Å². The maximum absolute atomic E-state index is 10.4. The lowest BCUT2D eigenvalue weighted by Gasteiger charge is -2.06. The van der Waals surface area contributed by atoms with Gasteiger partial charge in [0, 0.05) is 12.8 Å². The van der Waals surface area contributed by atoms with Gasteiger partial charge in [0.05, 0.1) is 0 Å². The Labute approximate surface area is 66.7 Å². The summed E-state index contributed by atoms with van der Waals surface area (Å²) in [6.45, 7) is 3.54. The van der Waals surface area contributed by atoms with Gasteiger partial charge in [-0.1, -0.05) is 0 Å². The van der Waals surface area contributed by atoms with Crippen molar-refractivity contribution in [3.8, 4) is 0 Å². The molecule has 61 valence electrons. The van der Waals surface area contributed by atoms with Crippen LogP contribution in [0.25, 0.3) is 0 Å². The molecule has 1 atom stereocenters. The Balaban J connectivity index is 3.23. The Hall–Kier alpha value is -0.860. The molecule has 0 aliphatic carbocycles. The van der Waals surface area contributed by atoms with Crippen LogP contribution in [0.5, 0.6) is 0 Å². The van der Waals surface area contributed by atoms with Gasteiger partial charge < -0.3 is 4.74 Å². The third kappa shape index (κ3) is 7.03. The van der Waals surface area contributed by atoms with Gasteiger partial charge in [-0.25, -0.2) is 0 Å². The molecule has 0 saturated carbocycles. The molecule has 0 spiro atoms. The molecule has 3 nitrogen and oxygen atoms in total. The Morgan fingerprint density at radius 3 is 2.64 bits per heavy atom. The Kier molecular flexibility index (Phi) is 5.43. The number of ether oxygens (including phenoxy) is 1. The smallest absolute Gasteiger partial charge is 0.293 e. The van der Waals surface area contributed by atoms with Crippen LogP contribution in [-0.2, 0) is 14.3 Å². The summed E-state index contributed by atoms with van der Waals surface area (Å²) in [6, 6.07) is 0. The van der Waals surface area contributed by atoms with Crippen molar-refractivity contribution in [3.05, 3.63) is 19.3 Å². The first-order chi connectivity index (χ1) is 5.16. The lowest BCUT2D eigenvalue weighted by Crippen LogP contribution is -2.08. The van der Waals surface area contributed by atoms with E-state index >= 15 is 0 Å². The fraction of sp³-hybridized carbons (Fsp3) is 0.375. The van der Waals surface area contributed by atoms with Crippen LogP contribution < -0.4 is 0 Å². The summed E-state index contributed by atoms with van der Waals surface area (Å²) in [5, 5.41) is 0. The molecule has 1 unspecified atom stereocenters. The summed E-state index contributed by atoms with van der Waals surface area (Å²) < 4.78 is 4.52. The van der Waals surface area contributed by atoms with Crippen LogP contribution in [0, 0.1) is 19.3 Å². The van der Waals surface area contributed by atoms with Gasteiger partial charge in [0.25, 0.3) is 6.47 Å². The molecular formula is C8H11O3. The number of Topliss-reactive ketones (excluding diaryl/α,β-unsaturated/α-hetero) is 1. The minimum atomic E-state index is -0.275. The highest BCUT2D eigenvalue weighted by Gasteiger charge is 2.02. The zero-order chi connectivity index (χ0) is 8.69. The highest BCUT2D eigenvalue weighted by Crippen LogP contribution is 1.99. The number of hydrogen-bond donors (Lipinski definition) is 0. The van der Waals surface area contributed by atoms with Gasteiger partial charge in [-0.3, -0.25) is 9.59 Å². The number of rotatable bonds is 6. The second-order valence-electron chi connectivity index (χ2n) is 2.10. The van der Waals surface area contributed by atoms with Crippen LogP contribution in [0.1, 0.15) is 13.8 Å². The minimum Gasteiger partial charge on any atom is -0.465 e. The second-order valence-corrected chi connectivity index (χ2v) is 2.10. The molecular weight excluding hydrogens is 144 g/mol. The van der Waals surface area contributed by atoms with E-state index in [4.69, 9.17) is 0 Å². The monoisotopic (exact) mass is 155 g/mol. The van der Waals surface area contributed by atoms with E-state index in [0.29, 0.717) is 6.47 Å². The van der Waals surface area contributed by atoms with Gasteiger partial charge in [0.2, 0.25) is 0 Å². The van der Waals surface area contributed by atoms with E-state index in [1.807, 2.05) is 0 Å². The fourth-order valence-electron chi connectivity index (χ4n) is 0.481. The minimum absolute atomic E-state index is 0.0282. The van der Waals surface area contributed by atoms with Crippen molar-refractivity contribution in [3.63, 3.8) is 0 Å². The third-order valence-electron chi connectivity index (χ3n) is 0.983. The van der Waals surface area contributed by atoms with E-state index in [2.05, 4.69) is 4.74 Å². The molecule has 0 heterocycles. The van der Waals surface area contributed by atoms with Gasteiger partial charge in [-0.05, 0) is 20.3 Å². The number of carbonyl (C=O) groups is 2. The second kappa shape index (κ2) is 5.89. The maximum atomic E-state index is 10.4. The van der Waals surface area contributed by atoms with E-state index in [1.54, 1.807) is 19.8 Å². The molecule has 3 heteroatoms. The topological polar surface area (TPSA) is 43.4 Å². The summed E-state index contributed by atoms with van der Waals surface area (Å²) in [7, 11) is 0. The first-order valence-corrected chi connectivity index (χ1v) is 3.28. The molecule has 11 heavy (non-hydrogen) atoms. The normalized spacial score (nSPS) is 12.2. The van der Waals surface area contributed by atoms with E-state index < -0.39 is 0 Å². The van der Waals surface area contributed by atoms with Crippen LogP contribution in [0.2, 0.25) is 0 Å². The molecule has 0 bridgehead atoms. The SMILES string of the molecule is CC(=O)[CH][CH][CH]C(C)OC=O. The molecule has 0 aromatic rings. The van der Waals surface area contributed by atoms with Gasteiger partial charge in [0.15, 0.2) is 0 Å². The van der Waals surface area contributed by atoms with Gasteiger partial charge in [-0.2, -0.15) is 0 Å². The highest BCUT2D eigenvalue weighted by atomic mass is 16.5. The van der Waals surface area contributed by atoms with Gasteiger partial charge in [-0.15, -0.1) is 0 Å². The van der Waals surface area contributed by atoms with Crippen LogP contribution in [-0.4, -0.2) is 18.4 Å². The number of hydrogen-bond acceptors (Lipinski definition) is 3. The first kappa shape index (κ1) is 10.1. The van der Waals surface area contributed by atoms with E-state index in [1.165, 1.54) is 13.3 Å². The van der Waals surface area contributed by atoms with Crippen molar-refractivity contribution in [1.82, 2.24) is 0 Å². The Morgan fingerprint density at radius 2 is 2.18 bits per heavy atom. The standard InChI is InChI=1S/C8H11O3/c1-7(10)4-3-5-8(2)11-6-9/h3-6,8H,1-2H3. The summed E-state index contributed by atoms with van der Waals surface area (Å²) in [4.78, 5) is 20.1. The van der Waals surface area contributed by atoms with Crippen molar-refractivity contribution in [2.75, 3.05) is 0 Å². The zero-order valence-corrected chi connectivity index (χ0v) is 6.61. The van der Waals surface area contributed by atoms with E-state index in [9.17, 15) is 9.59 Å². The summed E-state index contributed by atoms with van der Waals surface area (Å²) in [5.41, 5.74) is 0. The van der Waals surface area contributed by atoms with Crippen LogP contribution in [0.4, 0.5) is 0 Å². The maximum Gasteiger partial charge on any atom is 0.293 e. The zero-order valence-electron chi connectivity index (χ0n) is 6.61. The lowest BCUT2D eigenvalue weighted by atomic mass is 10.1. The van der Waals surface area contributed by atoms with Gasteiger partial charge in [0.1, 0.15) is 11.9 Å². The molecule has 0 rings (SSSR count). The first-order valence-electron chi connectivity index (χ1n) is 3.28. The number of ketones is 1. The average molecular weight is 155 g/mol. The summed E-state index contributed by atoms with van der Waals surface area (Å²) >= 11 is 0. The molecule has 0 fully saturated rings. The van der Waals surface area contributed by atoms with Crippen LogP contribution in [0.3, 0.4) is 0 Å². The average Bonchev–Trinajstić information content (AvgIpc) is 1.87. The molecule has 0 aromatic heterocycles. The molecule has 0 aliphatic heterocycles. The summed E-state index contributed by atoms with van der Waals surface area (Å²) in [5.74, 6) is -0.0282. The highest BCUT2D eigenvalue weighted by molar-refractivity contribution is 5.86. The quantitative estimate of drug-likeness (QED) is 0.531. The van der Waals surface area contributed by atoms with E-state index in [0.717, 1.165) is 0 Å². The van der Waals surface area contributed by atoms with Crippen LogP contribution >= 0.6 is 0 Å². The number of carbonyl (C=O) groups excluding carboxylic acids is 2. The summed E-state index contributed by atoms with van der Waals surface area (Å²) in [6.07, 6.45) is 4.32. The Morgan fingerprint density at radius 1 is 1.55 bits per heavy atom. The lowest BCUT2D eigenvalue weighted by molar-refractivity contribution is -0.131. The Bertz CT molecular complexity index is 131.